The second-order valence-electron chi connectivity index (χ2n) is 14.0. The monoisotopic (exact) mass is 776 g/mol. The molecule has 57 heavy (non-hydrogen) atoms. The van der Waals surface area contributed by atoms with Gasteiger partial charge in [-0.15, -0.1) is 0 Å². The lowest BCUT2D eigenvalue weighted by Gasteiger charge is -2.42. The van der Waals surface area contributed by atoms with Gasteiger partial charge in [0.15, 0.2) is 11.2 Å². The SMILES string of the molecule is O=C1N(Cc2ccccc2)N(Cc2ccccc2)C(=O)C1(CC(OO)(c1ccc(F)cc1)c1ccc(F)cc1)CC(OO)(c1ccc(F)cc1)c1ccc(F)cc1. The minimum atomic E-state index is -2.39. The van der Waals surface area contributed by atoms with Crippen LogP contribution in [0.1, 0.15) is 46.2 Å². The molecule has 2 N–H and O–H groups in total. The Labute approximate surface area is 325 Å². The van der Waals surface area contributed by atoms with Crippen LogP contribution >= 0.6 is 0 Å². The van der Waals surface area contributed by atoms with E-state index in [9.17, 15) is 28.1 Å². The molecule has 0 atom stereocenters. The third-order valence-corrected chi connectivity index (χ3v) is 10.6. The molecule has 0 aromatic heterocycles. The molecule has 2 amide bonds. The first-order valence-corrected chi connectivity index (χ1v) is 17.9. The number of rotatable bonds is 14. The fourth-order valence-corrected chi connectivity index (χ4v) is 7.74. The molecule has 1 saturated heterocycles. The van der Waals surface area contributed by atoms with Gasteiger partial charge in [-0.3, -0.25) is 20.1 Å². The van der Waals surface area contributed by atoms with Gasteiger partial charge in [-0.1, -0.05) is 109 Å². The molecule has 7 rings (SSSR count). The number of amides is 2. The van der Waals surface area contributed by atoms with E-state index in [2.05, 4.69) is 0 Å². The Balaban J connectivity index is 1.52. The van der Waals surface area contributed by atoms with Crippen molar-refractivity contribution in [1.82, 2.24) is 10.0 Å². The van der Waals surface area contributed by atoms with E-state index in [0.717, 1.165) is 48.5 Å². The summed E-state index contributed by atoms with van der Waals surface area (Å²) in [6.45, 7) is -0.222. The van der Waals surface area contributed by atoms with E-state index in [1.807, 2.05) is 0 Å². The highest BCUT2D eigenvalue weighted by Crippen LogP contribution is 2.55. The maximum Gasteiger partial charge on any atom is 0.257 e. The second kappa shape index (κ2) is 16.1. The summed E-state index contributed by atoms with van der Waals surface area (Å²) in [6, 6.07) is 36.9. The average Bonchev–Trinajstić information content (AvgIpc) is 3.41. The number of hydrazine groups is 1. The molecule has 0 unspecified atom stereocenters. The summed E-state index contributed by atoms with van der Waals surface area (Å²) in [7, 11) is 0. The molecule has 1 heterocycles. The van der Waals surface area contributed by atoms with E-state index in [0.29, 0.717) is 11.1 Å². The van der Waals surface area contributed by atoms with Gasteiger partial charge in [0.2, 0.25) is 0 Å². The van der Waals surface area contributed by atoms with Gasteiger partial charge < -0.3 is 0 Å². The summed E-state index contributed by atoms with van der Waals surface area (Å²) in [5.41, 5.74) is -5.17. The Morgan fingerprint density at radius 3 is 0.947 bits per heavy atom. The zero-order chi connectivity index (χ0) is 40.2. The summed E-state index contributed by atoms with van der Waals surface area (Å²) in [5, 5.41) is 24.8. The van der Waals surface area contributed by atoms with Crippen LogP contribution in [0, 0.1) is 28.7 Å². The largest absolute Gasteiger partial charge is 0.272 e. The van der Waals surface area contributed by atoms with E-state index in [4.69, 9.17) is 9.78 Å². The van der Waals surface area contributed by atoms with Gasteiger partial charge in [0.25, 0.3) is 11.8 Å². The fourth-order valence-electron chi connectivity index (χ4n) is 7.74. The highest BCUT2D eigenvalue weighted by molar-refractivity contribution is 6.10. The van der Waals surface area contributed by atoms with Crippen LogP contribution < -0.4 is 0 Å². The van der Waals surface area contributed by atoms with E-state index >= 15 is 9.59 Å². The van der Waals surface area contributed by atoms with Crippen molar-refractivity contribution in [2.45, 2.75) is 37.1 Å². The summed E-state index contributed by atoms with van der Waals surface area (Å²) in [5.74, 6) is -4.20. The van der Waals surface area contributed by atoms with Crippen LogP contribution in [0.15, 0.2) is 158 Å². The van der Waals surface area contributed by atoms with Crippen LogP contribution in [0.3, 0.4) is 0 Å². The molecule has 6 aromatic carbocycles. The lowest BCUT2D eigenvalue weighted by Crippen LogP contribution is -2.50. The van der Waals surface area contributed by atoms with E-state index in [-0.39, 0.29) is 35.3 Å². The van der Waals surface area contributed by atoms with Crippen LogP contribution in [0.2, 0.25) is 0 Å². The van der Waals surface area contributed by atoms with Crippen molar-refractivity contribution in [2.75, 3.05) is 0 Å². The van der Waals surface area contributed by atoms with Crippen LogP contribution in [0.5, 0.6) is 0 Å². The fraction of sp³-hybridized carbons (Fsp3) is 0.156. The number of benzene rings is 6. The third kappa shape index (κ3) is 7.43. The molecule has 1 fully saturated rings. The van der Waals surface area contributed by atoms with Crippen molar-refractivity contribution in [2.24, 2.45) is 5.41 Å². The van der Waals surface area contributed by atoms with Gasteiger partial charge in [0.05, 0.1) is 13.1 Å². The van der Waals surface area contributed by atoms with Gasteiger partial charge in [-0.2, -0.15) is 0 Å². The molecule has 0 aliphatic carbocycles. The van der Waals surface area contributed by atoms with Crippen molar-refractivity contribution >= 4 is 11.8 Å². The van der Waals surface area contributed by atoms with Gasteiger partial charge in [-0.25, -0.2) is 37.4 Å². The average molecular weight is 777 g/mol. The zero-order valence-electron chi connectivity index (χ0n) is 30.3. The predicted molar refractivity (Wildman–Crippen MR) is 200 cm³/mol. The highest BCUT2D eigenvalue weighted by atomic mass is 19.1. The Hall–Kier alpha value is -6.18. The lowest BCUT2D eigenvalue weighted by molar-refractivity contribution is -0.332. The number of carbonyl (C=O) groups is 2. The molecule has 290 valence electrons. The van der Waals surface area contributed by atoms with Gasteiger partial charge >= 0.3 is 0 Å². The number of nitrogens with zero attached hydrogens (tertiary/aromatic N) is 2. The van der Waals surface area contributed by atoms with Crippen LogP contribution in [-0.4, -0.2) is 32.3 Å². The second-order valence-corrected chi connectivity index (χ2v) is 14.0. The first kappa shape index (κ1) is 39.1. The Kier molecular flexibility index (Phi) is 11.1. The van der Waals surface area contributed by atoms with E-state index in [1.165, 1.54) is 58.5 Å². The molecule has 6 aromatic rings. The van der Waals surface area contributed by atoms with Crippen molar-refractivity contribution in [1.29, 1.82) is 0 Å². The Morgan fingerprint density at radius 2 is 0.702 bits per heavy atom. The smallest absolute Gasteiger partial charge is 0.257 e. The van der Waals surface area contributed by atoms with Crippen molar-refractivity contribution in [3.05, 3.63) is 214 Å². The topological polar surface area (TPSA) is 99.5 Å². The molecular formula is C45H36F4N2O6. The molecule has 0 spiro atoms. The molecular weight excluding hydrogens is 740 g/mol. The summed E-state index contributed by atoms with van der Waals surface area (Å²) in [6.07, 6.45) is -1.48. The molecule has 0 bridgehead atoms. The minimum Gasteiger partial charge on any atom is -0.272 e. The predicted octanol–water partition coefficient (Wildman–Crippen LogP) is 9.16. The van der Waals surface area contributed by atoms with Crippen molar-refractivity contribution < 1.29 is 47.4 Å². The third-order valence-electron chi connectivity index (χ3n) is 10.6. The maximum absolute atomic E-state index is 15.7. The maximum atomic E-state index is 15.7. The molecule has 8 nitrogen and oxygen atoms in total. The highest BCUT2D eigenvalue weighted by Gasteiger charge is 2.65. The first-order valence-electron chi connectivity index (χ1n) is 17.9. The summed E-state index contributed by atoms with van der Waals surface area (Å²) < 4.78 is 57.9. The van der Waals surface area contributed by atoms with E-state index < -0.39 is 64.5 Å². The molecule has 12 heteroatoms. The molecule has 0 saturated carbocycles. The molecule has 0 radical (unpaired) electrons. The molecule has 1 aliphatic rings. The van der Waals surface area contributed by atoms with Gasteiger partial charge in [-0.05, 0) is 81.9 Å². The van der Waals surface area contributed by atoms with Gasteiger partial charge in [0, 0.05) is 12.8 Å². The zero-order valence-corrected chi connectivity index (χ0v) is 30.3. The van der Waals surface area contributed by atoms with E-state index in [1.54, 1.807) is 60.7 Å². The normalized spacial score (nSPS) is 14.4. The first-order chi connectivity index (χ1) is 27.5. The number of carbonyl (C=O) groups excluding carboxylic acids is 2. The summed E-state index contributed by atoms with van der Waals surface area (Å²) in [4.78, 5) is 42.2. The molecule has 1 aliphatic heterocycles. The number of halogens is 4. The van der Waals surface area contributed by atoms with Crippen molar-refractivity contribution in [3.8, 4) is 0 Å². The van der Waals surface area contributed by atoms with Gasteiger partial charge in [0.1, 0.15) is 28.7 Å². The Morgan fingerprint density at radius 1 is 0.439 bits per heavy atom. The Bertz CT molecular complexity index is 2050. The number of hydrogen-bond donors (Lipinski definition) is 2. The lowest BCUT2D eigenvalue weighted by atomic mass is 9.64. The quantitative estimate of drug-likeness (QED) is 0.0496. The van der Waals surface area contributed by atoms with Crippen LogP contribution in [0.4, 0.5) is 17.6 Å². The summed E-state index contributed by atoms with van der Waals surface area (Å²) >= 11 is 0. The standard InChI is InChI=1S/C45H36F4N2O6/c46-37-19-11-33(12-20-37)44(56-54,34-13-21-38(47)22-14-34)29-43(30-45(57-55,35-15-23-39(48)24-16-35)36-17-25-40(49)26-18-36)41(52)50(27-31-7-3-1-4-8-31)51(42(43)53)28-32-9-5-2-6-10-32/h1-26,54-55H,27-30H2. The van der Waals surface area contributed by atoms with Crippen molar-refractivity contribution in [3.63, 3.8) is 0 Å². The minimum absolute atomic E-state index is 0.0770. The van der Waals surface area contributed by atoms with Crippen LogP contribution in [-0.2, 0) is 43.7 Å². The van der Waals surface area contributed by atoms with Crippen LogP contribution in [0.25, 0.3) is 0 Å². The number of hydrogen-bond acceptors (Lipinski definition) is 6.